The lowest BCUT2D eigenvalue weighted by atomic mass is 10.1. The quantitative estimate of drug-likeness (QED) is 0.852. The number of hydrogen-bond donors (Lipinski definition) is 1. The molecular weight excluding hydrogens is 240 g/mol. The Hall–Kier alpha value is -2.23. The Morgan fingerprint density at radius 1 is 1.21 bits per heavy atom. The van der Waals surface area contributed by atoms with Crippen LogP contribution < -0.4 is 15.2 Å². The van der Waals surface area contributed by atoms with E-state index < -0.39 is 0 Å². The normalized spacial score (nSPS) is 13.9. The van der Waals surface area contributed by atoms with Crippen LogP contribution in [0.5, 0.6) is 11.5 Å². The van der Waals surface area contributed by atoms with Crippen LogP contribution in [0.1, 0.15) is 12.0 Å². The highest BCUT2D eigenvalue weighted by Crippen LogP contribution is 2.39. The summed E-state index contributed by atoms with van der Waals surface area (Å²) in [5.74, 6) is 1.56. The van der Waals surface area contributed by atoms with E-state index >= 15 is 0 Å². The Labute approximate surface area is 112 Å². The van der Waals surface area contributed by atoms with E-state index in [9.17, 15) is 0 Å². The first kappa shape index (κ1) is 11.8. The monoisotopic (exact) mass is 256 g/mol. The molecule has 0 aliphatic carbocycles. The van der Waals surface area contributed by atoms with Gasteiger partial charge in [0.1, 0.15) is 0 Å². The lowest BCUT2D eigenvalue weighted by Gasteiger charge is -2.12. The molecule has 19 heavy (non-hydrogen) atoms. The van der Waals surface area contributed by atoms with Crippen LogP contribution in [-0.2, 0) is 0 Å². The van der Waals surface area contributed by atoms with Crippen LogP contribution in [0, 0.1) is 6.92 Å². The van der Waals surface area contributed by atoms with Gasteiger partial charge in [-0.1, -0.05) is 6.07 Å². The zero-order valence-corrected chi connectivity index (χ0v) is 10.8. The summed E-state index contributed by atoms with van der Waals surface area (Å²) in [4.78, 5) is 4.39. The second kappa shape index (κ2) is 4.80. The van der Waals surface area contributed by atoms with Gasteiger partial charge < -0.3 is 15.2 Å². The molecule has 4 heteroatoms. The molecule has 0 amide bonds. The third-order valence-corrected chi connectivity index (χ3v) is 3.20. The molecule has 0 saturated carbocycles. The van der Waals surface area contributed by atoms with Crippen molar-refractivity contribution in [3.05, 3.63) is 36.0 Å². The molecule has 3 rings (SSSR count). The summed E-state index contributed by atoms with van der Waals surface area (Å²) in [6.45, 7) is 3.32. The fourth-order valence-electron chi connectivity index (χ4n) is 2.11. The Morgan fingerprint density at radius 3 is 2.89 bits per heavy atom. The highest BCUT2D eigenvalue weighted by Gasteiger charge is 2.16. The predicted molar refractivity (Wildman–Crippen MR) is 74.4 cm³/mol. The fourth-order valence-corrected chi connectivity index (χ4v) is 2.11. The number of aromatic nitrogens is 1. The maximum atomic E-state index is 5.81. The Morgan fingerprint density at radius 2 is 2.05 bits per heavy atom. The van der Waals surface area contributed by atoms with E-state index in [-0.39, 0.29) is 0 Å². The van der Waals surface area contributed by atoms with Gasteiger partial charge in [-0.2, -0.15) is 0 Å². The number of para-hydroxylation sites is 1. The first-order valence-electron chi connectivity index (χ1n) is 6.37. The van der Waals surface area contributed by atoms with Gasteiger partial charge in [-0.25, -0.2) is 0 Å². The summed E-state index contributed by atoms with van der Waals surface area (Å²) in [7, 11) is 0. The number of pyridine rings is 1. The number of aryl methyl sites for hydroxylation is 1. The molecular formula is C15H16N2O2. The minimum Gasteiger partial charge on any atom is -0.490 e. The molecule has 0 atom stereocenters. The van der Waals surface area contributed by atoms with E-state index in [1.54, 1.807) is 6.20 Å². The van der Waals surface area contributed by atoms with E-state index in [0.29, 0.717) is 18.9 Å². The summed E-state index contributed by atoms with van der Waals surface area (Å²) in [6, 6.07) is 7.84. The van der Waals surface area contributed by atoms with E-state index in [1.807, 2.05) is 31.2 Å². The van der Waals surface area contributed by atoms with E-state index in [0.717, 1.165) is 34.7 Å². The van der Waals surface area contributed by atoms with Gasteiger partial charge in [0.15, 0.2) is 11.5 Å². The van der Waals surface area contributed by atoms with Gasteiger partial charge >= 0.3 is 0 Å². The molecule has 1 aliphatic rings. The number of rotatable bonds is 1. The Bertz CT molecular complexity index is 611. The largest absolute Gasteiger partial charge is 0.490 e. The molecule has 0 fully saturated rings. The molecule has 1 aliphatic heterocycles. The summed E-state index contributed by atoms with van der Waals surface area (Å²) < 4.78 is 11.5. The average Bonchev–Trinajstić information content (AvgIpc) is 2.67. The van der Waals surface area contributed by atoms with Crippen LogP contribution in [0.4, 0.5) is 5.69 Å². The average molecular weight is 256 g/mol. The summed E-state index contributed by atoms with van der Waals surface area (Å²) in [5.41, 5.74) is 9.32. The van der Waals surface area contributed by atoms with Crippen molar-refractivity contribution in [2.24, 2.45) is 0 Å². The molecule has 0 radical (unpaired) electrons. The van der Waals surface area contributed by atoms with Crippen molar-refractivity contribution >= 4 is 5.69 Å². The van der Waals surface area contributed by atoms with Crippen LogP contribution in [0.25, 0.3) is 11.3 Å². The van der Waals surface area contributed by atoms with Crippen molar-refractivity contribution < 1.29 is 9.47 Å². The molecule has 0 saturated heterocycles. The lowest BCUT2D eigenvalue weighted by Crippen LogP contribution is -1.98. The zero-order chi connectivity index (χ0) is 13.2. The lowest BCUT2D eigenvalue weighted by molar-refractivity contribution is 0.297. The number of fused-ring (bicyclic) bond motifs is 1. The van der Waals surface area contributed by atoms with Crippen LogP contribution >= 0.6 is 0 Å². The van der Waals surface area contributed by atoms with Crippen molar-refractivity contribution in [1.82, 2.24) is 4.98 Å². The summed E-state index contributed by atoms with van der Waals surface area (Å²) in [5, 5.41) is 0. The molecule has 4 nitrogen and oxygen atoms in total. The number of hydrogen-bond acceptors (Lipinski definition) is 4. The molecule has 2 aromatic rings. The summed E-state index contributed by atoms with van der Waals surface area (Å²) >= 11 is 0. The number of ether oxygens (including phenoxy) is 2. The molecule has 0 bridgehead atoms. The van der Waals surface area contributed by atoms with Crippen molar-refractivity contribution in [2.45, 2.75) is 13.3 Å². The Balaban J connectivity index is 2.11. The molecule has 1 aromatic carbocycles. The smallest absolute Gasteiger partial charge is 0.170 e. The number of nitrogens with two attached hydrogens (primary N) is 1. The van der Waals surface area contributed by atoms with E-state index in [1.165, 1.54) is 0 Å². The van der Waals surface area contributed by atoms with Crippen LogP contribution in [0.2, 0.25) is 0 Å². The molecule has 2 N–H and O–H groups in total. The summed E-state index contributed by atoms with van der Waals surface area (Å²) in [6.07, 6.45) is 2.57. The predicted octanol–water partition coefficient (Wildman–Crippen LogP) is 2.80. The van der Waals surface area contributed by atoms with Crippen molar-refractivity contribution in [1.29, 1.82) is 0 Å². The van der Waals surface area contributed by atoms with Gasteiger partial charge in [0.05, 0.1) is 30.8 Å². The molecule has 0 unspecified atom stereocenters. The van der Waals surface area contributed by atoms with Crippen LogP contribution in [0.15, 0.2) is 30.5 Å². The first-order valence-corrected chi connectivity index (χ1v) is 6.37. The maximum Gasteiger partial charge on any atom is 0.170 e. The van der Waals surface area contributed by atoms with Gasteiger partial charge in [0, 0.05) is 12.0 Å². The van der Waals surface area contributed by atoms with Gasteiger partial charge in [-0.15, -0.1) is 0 Å². The molecule has 98 valence electrons. The first-order chi connectivity index (χ1) is 9.25. The standard InChI is InChI=1S/C15H16N2O2/c1-10-8-13(17-9-12(10)16)11-4-2-5-14-15(11)19-7-3-6-18-14/h2,4-5,8-9H,3,6-7,16H2,1H3. The van der Waals surface area contributed by atoms with Crippen molar-refractivity contribution in [2.75, 3.05) is 18.9 Å². The zero-order valence-electron chi connectivity index (χ0n) is 10.8. The maximum absolute atomic E-state index is 5.81. The van der Waals surface area contributed by atoms with Crippen LogP contribution in [0.3, 0.4) is 0 Å². The second-order valence-electron chi connectivity index (χ2n) is 4.61. The third kappa shape index (κ3) is 2.21. The number of nitrogen functional groups attached to an aromatic ring is 1. The van der Waals surface area contributed by atoms with E-state index in [2.05, 4.69) is 4.98 Å². The van der Waals surface area contributed by atoms with E-state index in [4.69, 9.17) is 15.2 Å². The minimum absolute atomic E-state index is 0.665. The number of anilines is 1. The van der Waals surface area contributed by atoms with Crippen molar-refractivity contribution in [3.8, 4) is 22.8 Å². The molecule has 0 spiro atoms. The minimum atomic E-state index is 0.665. The number of benzene rings is 1. The highest BCUT2D eigenvalue weighted by molar-refractivity contribution is 5.72. The van der Waals surface area contributed by atoms with Crippen LogP contribution in [-0.4, -0.2) is 18.2 Å². The molecule has 1 aromatic heterocycles. The van der Waals surface area contributed by atoms with Gasteiger partial charge in [0.2, 0.25) is 0 Å². The van der Waals surface area contributed by atoms with Gasteiger partial charge in [-0.3, -0.25) is 4.98 Å². The topological polar surface area (TPSA) is 57.4 Å². The third-order valence-electron chi connectivity index (χ3n) is 3.20. The Kier molecular flexibility index (Phi) is 2.99. The number of nitrogens with zero attached hydrogens (tertiary/aromatic N) is 1. The van der Waals surface area contributed by atoms with Gasteiger partial charge in [-0.05, 0) is 30.7 Å². The second-order valence-corrected chi connectivity index (χ2v) is 4.61. The highest BCUT2D eigenvalue weighted by atomic mass is 16.5. The molecule has 2 heterocycles. The van der Waals surface area contributed by atoms with Gasteiger partial charge in [0.25, 0.3) is 0 Å². The fraction of sp³-hybridized carbons (Fsp3) is 0.267. The van der Waals surface area contributed by atoms with Crippen molar-refractivity contribution in [3.63, 3.8) is 0 Å². The SMILES string of the molecule is Cc1cc(-c2cccc3c2OCCCO3)ncc1N.